The molecule has 0 atom stereocenters. The van der Waals surface area contributed by atoms with Crippen LogP contribution >= 0.6 is 11.6 Å². The summed E-state index contributed by atoms with van der Waals surface area (Å²) < 4.78 is 11.7. The first-order valence-electron chi connectivity index (χ1n) is 11.8. The third kappa shape index (κ3) is 5.52. The molecule has 1 aliphatic heterocycles. The molecule has 1 aliphatic rings. The molecule has 4 amide bonds. The number of hydrogen-bond donors (Lipinski definition) is 1. The van der Waals surface area contributed by atoms with E-state index in [9.17, 15) is 14.4 Å². The molecule has 0 spiro atoms. The topological polar surface area (TPSA) is 84.9 Å². The second-order valence-electron chi connectivity index (χ2n) is 8.72. The highest BCUT2D eigenvalue weighted by atomic mass is 35.5. The molecule has 7 nitrogen and oxygen atoms in total. The molecule has 3 aromatic rings. The predicted molar refractivity (Wildman–Crippen MR) is 143 cm³/mol. The smallest absolute Gasteiger partial charge is 0.335 e. The first-order chi connectivity index (χ1) is 17.7. The van der Waals surface area contributed by atoms with Crippen molar-refractivity contribution in [1.29, 1.82) is 0 Å². The van der Waals surface area contributed by atoms with Crippen LogP contribution in [0.1, 0.15) is 34.7 Å². The summed E-state index contributed by atoms with van der Waals surface area (Å²) in [7, 11) is 0. The molecule has 0 bridgehead atoms. The number of halogens is 1. The number of rotatable bonds is 7. The Morgan fingerprint density at radius 2 is 1.73 bits per heavy atom. The summed E-state index contributed by atoms with van der Waals surface area (Å²) in [6, 6.07) is 15.7. The van der Waals surface area contributed by atoms with Crippen molar-refractivity contribution in [2.24, 2.45) is 0 Å². The molecule has 190 valence electrons. The van der Waals surface area contributed by atoms with Gasteiger partial charge in [0.15, 0.2) is 11.5 Å². The van der Waals surface area contributed by atoms with Crippen LogP contribution in [0.4, 0.5) is 10.5 Å². The minimum absolute atomic E-state index is 0.201. The first-order valence-corrected chi connectivity index (χ1v) is 12.2. The standard InChI is InChI=1S/C29H27ClN2O5/c1-5-36-25-15-21(14-23(30)26(25)37-16-20-10-6-8-17(2)12-20)13-22-27(33)31-29(35)32(28(22)34)24-11-7-9-18(3)19(24)4/h6-15H,5,16H2,1-4H3,(H,31,33,35)/b22-13+. The minimum atomic E-state index is -0.797. The highest BCUT2D eigenvalue weighted by Crippen LogP contribution is 2.38. The van der Waals surface area contributed by atoms with E-state index >= 15 is 0 Å². The quantitative estimate of drug-likeness (QED) is 0.310. The number of barbiturate groups is 1. The molecule has 1 N–H and O–H groups in total. The maximum Gasteiger partial charge on any atom is 0.335 e. The fourth-order valence-electron chi connectivity index (χ4n) is 4.05. The first kappa shape index (κ1) is 26.0. The van der Waals surface area contributed by atoms with E-state index in [1.54, 1.807) is 24.3 Å². The van der Waals surface area contributed by atoms with Crippen molar-refractivity contribution in [3.63, 3.8) is 0 Å². The van der Waals surface area contributed by atoms with E-state index in [0.29, 0.717) is 29.4 Å². The van der Waals surface area contributed by atoms with E-state index in [1.165, 1.54) is 6.08 Å². The van der Waals surface area contributed by atoms with Crippen molar-refractivity contribution in [2.75, 3.05) is 11.5 Å². The average molecular weight is 519 g/mol. The van der Waals surface area contributed by atoms with Gasteiger partial charge in [-0.15, -0.1) is 0 Å². The summed E-state index contributed by atoms with van der Waals surface area (Å²) in [6.07, 6.45) is 1.39. The van der Waals surface area contributed by atoms with Gasteiger partial charge in [-0.1, -0.05) is 53.6 Å². The van der Waals surface area contributed by atoms with Gasteiger partial charge >= 0.3 is 6.03 Å². The Morgan fingerprint density at radius 3 is 2.46 bits per heavy atom. The maximum atomic E-state index is 13.4. The Bertz CT molecular complexity index is 1430. The van der Waals surface area contributed by atoms with Gasteiger partial charge in [0, 0.05) is 0 Å². The summed E-state index contributed by atoms with van der Waals surface area (Å²) in [6.45, 7) is 8.17. The lowest BCUT2D eigenvalue weighted by Gasteiger charge is -2.28. The maximum absolute atomic E-state index is 13.4. The number of urea groups is 1. The van der Waals surface area contributed by atoms with Crippen LogP contribution in [0, 0.1) is 20.8 Å². The Hall–Kier alpha value is -4.10. The Kier molecular flexibility index (Phi) is 7.64. The van der Waals surface area contributed by atoms with Gasteiger partial charge in [0.1, 0.15) is 12.2 Å². The molecule has 8 heteroatoms. The van der Waals surface area contributed by atoms with Crippen LogP contribution in [0.3, 0.4) is 0 Å². The van der Waals surface area contributed by atoms with Gasteiger partial charge in [0.2, 0.25) is 0 Å². The van der Waals surface area contributed by atoms with E-state index < -0.39 is 17.8 Å². The Balaban J connectivity index is 1.68. The summed E-state index contributed by atoms with van der Waals surface area (Å²) in [4.78, 5) is 39.6. The number of hydrogen-bond acceptors (Lipinski definition) is 5. The van der Waals surface area contributed by atoms with Crippen LogP contribution in [0.15, 0.2) is 60.2 Å². The predicted octanol–water partition coefficient (Wildman–Crippen LogP) is 5.91. The number of carbonyl (C=O) groups excluding carboxylic acids is 3. The third-order valence-corrected chi connectivity index (χ3v) is 6.31. The number of nitrogens with one attached hydrogen (secondary N) is 1. The number of carbonyl (C=O) groups is 3. The van der Waals surface area contributed by atoms with Gasteiger partial charge in [-0.2, -0.15) is 0 Å². The van der Waals surface area contributed by atoms with Gasteiger partial charge in [0.25, 0.3) is 11.8 Å². The van der Waals surface area contributed by atoms with Gasteiger partial charge in [0.05, 0.1) is 17.3 Å². The number of anilines is 1. The van der Waals surface area contributed by atoms with Crippen LogP contribution in [0.25, 0.3) is 6.08 Å². The van der Waals surface area contributed by atoms with Crippen molar-refractivity contribution in [3.05, 3.63) is 93.0 Å². The number of amides is 4. The molecule has 1 saturated heterocycles. The second-order valence-corrected chi connectivity index (χ2v) is 9.12. The van der Waals surface area contributed by atoms with Crippen molar-refractivity contribution in [2.45, 2.75) is 34.3 Å². The second kappa shape index (κ2) is 10.9. The highest BCUT2D eigenvalue weighted by molar-refractivity contribution is 6.39. The fraction of sp³-hybridized carbons (Fsp3) is 0.207. The summed E-state index contributed by atoms with van der Waals surface area (Å²) >= 11 is 6.56. The number of benzene rings is 3. The van der Waals surface area contributed by atoms with Crippen molar-refractivity contribution in [1.82, 2.24) is 5.32 Å². The molecule has 3 aromatic carbocycles. The molecular formula is C29H27ClN2O5. The summed E-state index contributed by atoms with van der Waals surface area (Å²) in [5, 5.41) is 2.51. The number of imide groups is 2. The van der Waals surface area contributed by atoms with E-state index in [-0.39, 0.29) is 17.2 Å². The minimum Gasteiger partial charge on any atom is -0.490 e. The molecule has 0 radical (unpaired) electrons. The lowest BCUT2D eigenvalue weighted by molar-refractivity contribution is -0.122. The normalized spacial score (nSPS) is 14.7. The largest absolute Gasteiger partial charge is 0.490 e. The van der Waals surface area contributed by atoms with Crippen LogP contribution in [0.2, 0.25) is 5.02 Å². The zero-order valence-corrected chi connectivity index (χ0v) is 21.8. The van der Waals surface area contributed by atoms with Crippen LogP contribution in [-0.2, 0) is 16.2 Å². The van der Waals surface area contributed by atoms with E-state index in [0.717, 1.165) is 27.2 Å². The lowest BCUT2D eigenvalue weighted by atomic mass is 10.0. The number of nitrogens with zero attached hydrogens (tertiary/aromatic N) is 1. The lowest BCUT2D eigenvalue weighted by Crippen LogP contribution is -2.54. The van der Waals surface area contributed by atoms with E-state index in [1.807, 2.05) is 58.0 Å². The Morgan fingerprint density at radius 1 is 0.973 bits per heavy atom. The molecule has 0 aromatic heterocycles. The Labute approximate surface area is 220 Å². The number of ether oxygens (including phenoxy) is 2. The molecular weight excluding hydrogens is 492 g/mol. The monoisotopic (exact) mass is 518 g/mol. The molecule has 0 unspecified atom stereocenters. The third-order valence-electron chi connectivity index (χ3n) is 6.03. The van der Waals surface area contributed by atoms with Crippen LogP contribution in [-0.4, -0.2) is 24.5 Å². The zero-order valence-electron chi connectivity index (χ0n) is 21.1. The SMILES string of the molecule is CCOc1cc(/C=C2\C(=O)NC(=O)N(c3cccc(C)c3C)C2=O)cc(Cl)c1OCc1cccc(C)c1. The average Bonchev–Trinajstić information content (AvgIpc) is 2.84. The molecule has 1 heterocycles. The van der Waals surface area contributed by atoms with E-state index in [2.05, 4.69) is 5.32 Å². The highest BCUT2D eigenvalue weighted by Gasteiger charge is 2.37. The fourth-order valence-corrected chi connectivity index (χ4v) is 4.33. The molecule has 0 aliphatic carbocycles. The summed E-state index contributed by atoms with van der Waals surface area (Å²) in [5.41, 5.74) is 4.42. The molecule has 4 rings (SSSR count). The van der Waals surface area contributed by atoms with Crippen molar-refractivity contribution >= 4 is 41.2 Å². The van der Waals surface area contributed by atoms with Crippen molar-refractivity contribution < 1.29 is 23.9 Å². The van der Waals surface area contributed by atoms with Crippen LogP contribution in [0.5, 0.6) is 11.5 Å². The molecule has 0 saturated carbocycles. The zero-order chi connectivity index (χ0) is 26.7. The summed E-state index contributed by atoms with van der Waals surface area (Å²) in [5.74, 6) is -0.777. The van der Waals surface area contributed by atoms with Gasteiger partial charge < -0.3 is 9.47 Å². The van der Waals surface area contributed by atoms with Crippen molar-refractivity contribution in [3.8, 4) is 11.5 Å². The molecule has 1 fully saturated rings. The molecule has 37 heavy (non-hydrogen) atoms. The van der Waals surface area contributed by atoms with Gasteiger partial charge in [-0.25, -0.2) is 9.69 Å². The van der Waals surface area contributed by atoms with Gasteiger partial charge in [-0.3, -0.25) is 14.9 Å². The van der Waals surface area contributed by atoms with Gasteiger partial charge in [-0.05, 0) is 74.2 Å². The number of aryl methyl sites for hydroxylation is 2. The van der Waals surface area contributed by atoms with E-state index in [4.69, 9.17) is 21.1 Å². The van der Waals surface area contributed by atoms with Crippen LogP contribution < -0.4 is 19.7 Å².